The van der Waals surface area contributed by atoms with Crippen LogP contribution in [0.2, 0.25) is 0 Å². The second kappa shape index (κ2) is 10.8. The highest BCUT2D eigenvalue weighted by atomic mass is 16.5. The van der Waals surface area contributed by atoms with Crippen LogP contribution in [-0.2, 0) is 9.53 Å². The fourth-order valence-corrected chi connectivity index (χ4v) is 2.20. The number of hydrogen-bond acceptors (Lipinski definition) is 4. The molecule has 0 bridgehead atoms. The Hall–Kier alpha value is -1.92. The van der Waals surface area contributed by atoms with Gasteiger partial charge in [0, 0.05) is 25.8 Å². The number of nitrogens with zero attached hydrogens (tertiary/aromatic N) is 1. The number of aryl methyl sites for hydroxylation is 1. The van der Waals surface area contributed by atoms with Crippen molar-refractivity contribution in [2.45, 2.75) is 26.3 Å². The number of amides is 2. The highest BCUT2D eigenvalue weighted by molar-refractivity contribution is 5.97. The van der Waals surface area contributed by atoms with E-state index in [1.54, 1.807) is 26.2 Å². The molecule has 0 aliphatic carbocycles. The van der Waals surface area contributed by atoms with E-state index in [0.29, 0.717) is 18.7 Å². The number of carbonyl (C=O) groups excluding carboxylic acids is 2. The Labute approximate surface area is 144 Å². The van der Waals surface area contributed by atoms with Gasteiger partial charge in [-0.25, -0.2) is 0 Å². The first kappa shape index (κ1) is 20.1. The van der Waals surface area contributed by atoms with Gasteiger partial charge in [-0.1, -0.05) is 17.7 Å². The van der Waals surface area contributed by atoms with Gasteiger partial charge in [-0.3, -0.25) is 9.59 Å². The Kier molecular flexibility index (Phi) is 9.04. The van der Waals surface area contributed by atoms with E-state index in [2.05, 4.69) is 15.5 Å². The number of likely N-dealkylation sites (N-methyl/N-ethyl adjacent to an activating group) is 1. The Bertz CT molecular complexity index is 534. The average molecular weight is 335 g/mol. The van der Waals surface area contributed by atoms with E-state index in [-0.39, 0.29) is 11.8 Å². The van der Waals surface area contributed by atoms with Crippen molar-refractivity contribution in [1.82, 2.24) is 15.5 Å². The van der Waals surface area contributed by atoms with Gasteiger partial charge in [0.2, 0.25) is 5.91 Å². The molecule has 1 atom stereocenters. The van der Waals surface area contributed by atoms with Crippen molar-refractivity contribution in [3.63, 3.8) is 0 Å². The summed E-state index contributed by atoms with van der Waals surface area (Å²) < 4.78 is 5.02. The molecule has 2 amide bonds. The molecule has 1 aromatic carbocycles. The van der Waals surface area contributed by atoms with E-state index < -0.39 is 6.04 Å². The monoisotopic (exact) mass is 335 g/mol. The number of carbonyl (C=O) groups is 2. The zero-order valence-electron chi connectivity index (χ0n) is 15.1. The van der Waals surface area contributed by atoms with Crippen LogP contribution in [0.25, 0.3) is 0 Å². The summed E-state index contributed by atoms with van der Waals surface area (Å²) in [6.07, 6.45) is 0.852. The van der Waals surface area contributed by atoms with E-state index in [0.717, 1.165) is 25.1 Å². The van der Waals surface area contributed by atoms with Crippen LogP contribution in [0.3, 0.4) is 0 Å². The lowest BCUT2D eigenvalue weighted by Crippen LogP contribution is -2.45. The summed E-state index contributed by atoms with van der Waals surface area (Å²) in [4.78, 5) is 26.3. The first-order valence-electron chi connectivity index (χ1n) is 8.26. The molecule has 0 spiro atoms. The predicted octanol–water partition coefficient (Wildman–Crippen LogP) is 1.20. The molecule has 6 heteroatoms. The summed E-state index contributed by atoms with van der Waals surface area (Å²) in [5.74, 6) is -0.406. The van der Waals surface area contributed by atoms with Crippen molar-refractivity contribution in [3.05, 3.63) is 35.4 Å². The Balaban J connectivity index is 2.28. The third-order valence-electron chi connectivity index (χ3n) is 3.71. The topological polar surface area (TPSA) is 70.7 Å². The number of nitrogens with one attached hydrogen (secondary N) is 2. The lowest BCUT2D eigenvalue weighted by atomic mass is 10.1. The molecule has 0 aromatic heterocycles. The maximum atomic E-state index is 12.1. The minimum absolute atomic E-state index is 0.171. The zero-order valence-corrected chi connectivity index (χ0v) is 15.1. The van der Waals surface area contributed by atoms with E-state index in [1.807, 2.05) is 26.1 Å². The van der Waals surface area contributed by atoms with Crippen LogP contribution in [0.15, 0.2) is 24.3 Å². The van der Waals surface area contributed by atoms with Gasteiger partial charge in [-0.15, -0.1) is 0 Å². The normalized spacial score (nSPS) is 12.0. The van der Waals surface area contributed by atoms with Crippen LogP contribution >= 0.6 is 0 Å². The largest absolute Gasteiger partial charge is 0.383 e. The fraction of sp³-hybridized carbons (Fsp3) is 0.556. The van der Waals surface area contributed by atoms with Gasteiger partial charge in [0.15, 0.2) is 0 Å². The molecule has 1 aromatic rings. The number of benzene rings is 1. The molecule has 0 saturated heterocycles. The summed E-state index contributed by atoms with van der Waals surface area (Å²) in [5, 5.41) is 5.57. The maximum absolute atomic E-state index is 12.1. The van der Waals surface area contributed by atoms with Crippen molar-refractivity contribution in [3.8, 4) is 0 Å². The first-order chi connectivity index (χ1) is 11.4. The van der Waals surface area contributed by atoms with Gasteiger partial charge < -0.3 is 20.3 Å². The summed E-state index contributed by atoms with van der Waals surface area (Å²) in [6.45, 7) is 6.65. The average Bonchev–Trinajstić information content (AvgIpc) is 2.56. The van der Waals surface area contributed by atoms with Crippen LogP contribution < -0.4 is 10.6 Å². The summed E-state index contributed by atoms with van der Waals surface area (Å²) in [7, 11) is 3.70. The Morgan fingerprint density at radius 2 is 2.04 bits per heavy atom. The fourth-order valence-electron chi connectivity index (χ4n) is 2.20. The highest BCUT2D eigenvalue weighted by Gasteiger charge is 2.16. The number of hydrogen-bond donors (Lipinski definition) is 2. The summed E-state index contributed by atoms with van der Waals surface area (Å²) in [6, 6.07) is 6.73. The second-order valence-corrected chi connectivity index (χ2v) is 6.01. The molecule has 0 aliphatic rings. The van der Waals surface area contributed by atoms with Crippen LogP contribution in [-0.4, -0.2) is 63.2 Å². The predicted molar refractivity (Wildman–Crippen MR) is 95.1 cm³/mol. The van der Waals surface area contributed by atoms with E-state index in [9.17, 15) is 9.59 Å². The van der Waals surface area contributed by atoms with Crippen LogP contribution in [0, 0.1) is 6.92 Å². The quantitative estimate of drug-likeness (QED) is 0.630. The Morgan fingerprint density at radius 1 is 1.29 bits per heavy atom. The molecule has 1 rings (SSSR count). The van der Waals surface area contributed by atoms with Crippen molar-refractivity contribution < 1.29 is 14.3 Å². The smallest absolute Gasteiger partial charge is 0.251 e. The number of ether oxygens (including phenoxy) is 1. The van der Waals surface area contributed by atoms with Crippen LogP contribution in [0.5, 0.6) is 0 Å². The van der Waals surface area contributed by atoms with Gasteiger partial charge in [0.05, 0.1) is 6.61 Å². The molecular formula is C18H29N3O3. The van der Waals surface area contributed by atoms with Crippen molar-refractivity contribution >= 4 is 11.8 Å². The minimum Gasteiger partial charge on any atom is -0.383 e. The highest BCUT2D eigenvalue weighted by Crippen LogP contribution is 2.04. The Morgan fingerprint density at radius 3 is 2.71 bits per heavy atom. The molecule has 0 aliphatic heterocycles. The maximum Gasteiger partial charge on any atom is 0.251 e. The molecule has 1 unspecified atom stereocenters. The van der Waals surface area contributed by atoms with Gasteiger partial charge in [-0.2, -0.15) is 0 Å². The third kappa shape index (κ3) is 7.57. The first-order valence-corrected chi connectivity index (χ1v) is 8.26. The van der Waals surface area contributed by atoms with Crippen LogP contribution in [0.4, 0.5) is 0 Å². The lowest BCUT2D eigenvalue weighted by molar-refractivity contribution is -0.122. The molecular weight excluding hydrogens is 306 g/mol. The van der Waals surface area contributed by atoms with Gasteiger partial charge >= 0.3 is 0 Å². The molecule has 0 saturated carbocycles. The molecule has 134 valence electrons. The van der Waals surface area contributed by atoms with E-state index >= 15 is 0 Å². The molecule has 24 heavy (non-hydrogen) atoms. The molecule has 2 N–H and O–H groups in total. The van der Waals surface area contributed by atoms with E-state index in [4.69, 9.17) is 4.74 Å². The number of methoxy groups -OCH3 is 1. The standard InChI is InChI=1S/C18H29N3O3/c1-14-7-5-8-16(13-14)18(23)20-15(2)17(22)19-9-6-10-21(3)11-12-24-4/h5,7-8,13,15H,6,9-12H2,1-4H3,(H,19,22)(H,20,23). The second-order valence-electron chi connectivity index (χ2n) is 6.01. The molecule has 0 fully saturated rings. The number of rotatable bonds is 10. The SMILES string of the molecule is COCCN(C)CCCNC(=O)C(C)NC(=O)c1cccc(C)c1. The minimum atomic E-state index is -0.566. The molecule has 0 radical (unpaired) electrons. The van der Waals surface area contributed by atoms with Crippen LogP contribution in [0.1, 0.15) is 29.3 Å². The van der Waals surface area contributed by atoms with Crippen molar-refractivity contribution in [2.24, 2.45) is 0 Å². The van der Waals surface area contributed by atoms with Crippen molar-refractivity contribution in [1.29, 1.82) is 0 Å². The van der Waals surface area contributed by atoms with E-state index in [1.165, 1.54) is 0 Å². The van der Waals surface area contributed by atoms with Gasteiger partial charge in [0.25, 0.3) is 5.91 Å². The van der Waals surface area contributed by atoms with Gasteiger partial charge in [-0.05, 0) is 46.0 Å². The summed E-state index contributed by atoms with van der Waals surface area (Å²) >= 11 is 0. The molecule has 0 heterocycles. The summed E-state index contributed by atoms with van der Waals surface area (Å²) in [5.41, 5.74) is 1.58. The lowest BCUT2D eigenvalue weighted by Gasteiger charge is -2.17. The van der Waals surface area contributed by atoms with Crippen molar-refractivity contribution in [2.75, 3.05) is 40.4 Å². The molecule has 6 nitrogen and oxygen atoms in total. The van der Waals surface area contributed by atoms with Gasteiger partial charge in [0.1, 0.15) is 6.04 Å². The zero-order chi connectivity index (χ0) is 17.9. The third-order valence-corrected chi connectivity index (χ3v) is 3.71.